The van der Waals surface area contributed by atoms with E-state index in [1.165, 1.54) is 11.8 Å². The van der Waals surface area contributed by atoms with Crippen LogP contribution in [0.2, 0.25) is 0 Å². The molecule has 1 aromatic heterocycles. The Hall–Kier alpha value is -3.68. The number of nitrogens with one attached hydrogen (secondary N) is 1. The third kappa shape index (κ3) is 6.01. The summed E-state index contributed by atoms with van der Waals surface area (Å²) in [5, 5.41) is 20.2. The predicted octanol–water partition coefficient (Wildman–Crippen LogP) is 2.38. The summed E-state index contributed by atoms with van der Waals surface area (Å²) in [6, 6.07) is 16.7. The Morgan fingerprint density at radius 1 is 1.06 bits per heavy atom. The van der Waals surface area contributed by atoms with Crippen molar-refractivity contribution in [1.82, 2.24) is 24.6 Å². The van der Waals surface area contributed by atoms with E-state index in [2.05, 4.69) is 26.5 Å². The maximum atomic E-state index is 12.9. The molecule has 0 aliphatic carbocycles. The highest BCUT2D eigenvalue weighted by molar-refractivity contribution is 7.99. The molecule has 9 nitrogen and oxygen atoms in total. The first kappa shape index (κ1) is 23.5. The number of aryl methyl sites for hydroxylation is 1. The number of carbonyl (C=O) groups excluding carboxylic acids is 2. The van der Waals surface area contributed by atoms with E-state index in [9.17, 15) is 9.59 Å². The molecule has 1 aliphatic heterocycles. The summed E-state index contributed by atoms with van der Waals surface area (Å²) in [7, 11) is 1.82. The van der Waals surface area contributed by atoms with E-state index in [1.807, 2.05) is 36.2 Å². The fraction of sp³-hybridized carbons (Fsp3) is 0.292. The molecule has 4 rings (SSSR count). The van der Waals surface area contributed by atoms with E-state index in [0.717, 1.165) is 25.2 Å². The van der Waals surface area contributed by atoms with Crippen LogP contribution >= 0.6 is 11.8 Å². The smallest absolute Gasteiger partial charge is 0.253 e. The molecule has 2 heterocycles. The molecule has 10 heteroatoms. The minimum Gasteiger partial charge on any atom is -0.336 e. The van der Waals surface area contributed by atoms with Crippen molar-refractivity contribution < 1.29 is 9.59 Å². The number of thioether (sulfide) groups is 1. The lowest BCUT2D eigenvalue weighted by Crippen LogP contribution is -2.48. The van der Waals surface area contributed by atoms with Crippen LogP contribution in [0.15, 0.2) is 60.0 Å². The van der Waals surface area contributed by atoms with Crippen LogP contribution in [0.25, 0.3) is 0 Å². The first-order chi connectivity index (χ1) is 16.5. The van der Waals surface area contributed by atoms with Crippen molar-refractivity contribution in [2.24, 2.45) is 7.05 Å². The van der Waals surface area contributed by atoms with Gasteiger partial charge in [0, 0.05) is 51.0 Å². The molecule has 1 aliphatic rings. The first-order valence-electron chi connectivity index (χ1n) is 10.9. The molecule has 1 fully saturated rings. The second-order valence-corrected chi connectivity index (χ2v) is 8.96. The van der Waals surface area contributed by atoms with Crippen LogP contribution < -0.4 is 5.32 Å². The molecule has 0 spiro atoms. The monoisotopic (exact) mass is 475 g/mol. The fourth-order valence-corrected chi connectivity index (χ4v) is 4.35. The lowest BCUT2D eigenvalue weighted by molar-refractivity contribution is -0.113. The van der Waals surface area contributed by atoms with E-state index in [-0.39, 0.29) is 17.6 Å². The number of anilines is 1. The average Bonchev–Trinajstić information content (AvgIpc) is 3.28. The summed E-state index contributed by atoms with van der Waals surface area (Å²) in [4.78, 5) is 29.3. The molecule has 0 saturated carbocycles. The standard InChI is InChI=1S/C24H25N7O2S/c1-29-17-26-28-24(29)34-16-22(32)27-21-8-6-20(7-9-21)23(33)31-12-10-30(11-13-31)15-19-4-2-18(14-25)3-5-19/h2-9,17H,10-13,15-16H2,1H3,(H,27,32). The summed E-state index contributed by atoms with van der Waals surface area (Å²) in [6.07, 6.45) is 1.59. The van der Waals surface area contributed by atoms with Gasteiger partial charge in [-0.2, -0.15) is 5.26 Å². The van der Waals surface area contributed by atoms with Gasteiger partial charge < -0.3 is 14.8 Å². The molecule has 34 heavy (non-hydrogen) atoms. The minimum absolute atomic E-state index is 0.00580. The van der Waals surface area contributed by atoms with Crippen molar-refractivity contribution in [3.05, 3.63) is 71.5 Å². The van der Waals surface area contributed by atoms with Gasteiger partial charge in [0.2, 0.25) is 5.91 Å². The summed E-state index contributed by atoms with van der Waals surface area (Å²) < 4.78 is 1.76. The van der Waals surface area contributed by atoms with Gasteiger partial charge in [0.05, 0.1) is 17.4 Å². The first-order valence-corrected chi connectivity index (χ1v) is 11.9. The molecular formula is C24H25N7O2S. The van der Waals surface area contributed by atoms with Gasteiger partial charge in [-0.05, 0) is 42.0 Å². The Kier molecular flexibility index (Phi) is 7.57. The predicted molar refractivity (Wildman–Crippen MR) is 129 cm³/mol. The van der Waals surface area contributed by atoms with Gasteiger partial charge in [0.25, 0.3) is 5.91 Å². The highest BCUT2D eigenvalue weighted by Gasteiger charge is 2.22. The van der Waals surface area contributed by atoms with Crippen LogP contribution in [-0.4, -0.2) is 68.3 Å². The number of aromatic nitrogens is 3. The van der Waals surface area contributed by atoms with Crippen LogP contribution in [0, 0.1) is 11.3 Å². The molecule has 0 unspecified atom stereocenters. The largest absolute Gasteiger partial charge is 0.336 e. The molecule has 0 atom stereocenters. The zero-order valence-electron chi connectivity index (χ0n) is 18.8. The topological polar surface area (TPSA) is 107 Å². The van der Waals surface area contributed by atoms with E-state index >= 15 is 0 Å². The van der Waals surface area contributed by atoms with Crippen molar-refractivity contribution in [3.63, 3.8) is 0 Å². The van der Waals surface area contributed by atoms with Crippen molar-refractivity contribution >= 4 is 29.3 Å². The van der Waals surface area contributed by atoms with Crippen LogP contribution in [0.4, 0.5) is 5.69 Å². The summed E-state index contributed by atoms with van der Waals surface area (Å²) >= 11 is 1.31. The van der Waals surface area contributed by atoms with Crippen LogP contribution in [-0.2, 0) is 18.4 Å². The van der Waals surface area contributed by atoms with Gasteiger partial charge in [-0.3, -0.25) is 14.5 Å². The molecule has 1 saturated heterocycles. The van der Waals surface area contributed by atoms with E-state index in [0.29, 0.717) is 35.1 Å². The summed E-state index contributed by atoms with van der Waals surface area (Å²) in [6.45, 7) is 3.71. The zero-order valence-corrected chi connectivity index (χ0v) is 19.7. The number of benzene rings is 2. The number of carbonyl (C=O) groups is 2. The Morgan fingerprint density at radius 2 is 1.76 bits per heavy atom. The SMILES string of the molecule is Cn1cnnc1SCC(=O)Nc1ccc(C(=O)N2CCN(Cc3ccc(C#N)cc3)CC2)cc1. The third-order valence-electron chi connectivity index (χ3n) is 5.57. The maximum absolute atomic E-state index is 12.9. The Bertz CT molecular complexity index is 1180. The van der Waals surface area contributed by atoms with Gasteiger partial charge in [0.15, 0.2) is 5.16 Å². The van der Waals surface area contributed by atoms with Crippen molar-refractivity contribution in [2.75, 3.05) is 37.2 Å². The quantitative estimate of drug-likeness (QED) is 0.523. The highest BCUT2D eigenvalue weighted by atomic mass is 32.2. The Labute approximate surface area is 202 Å². The van der Waals surface area contributed by atoms with E-state index in [1.54, 1.807) is 35.2 Å². The summed E-state index contributed by atoms with van der Waals surface area (Å²) in [5.74, 6) is 0.0687. The van der Waals surface area contributed by atoms with Crippen LogP contribution in [0.3, 0.4) is 0 Å². The van der Waals surface area contributed by atoms with Crippen molar-refractivity contribution in [1.29, 1.82) is 5.26 Å². The highest BCUT2D eigenvalue weighted by Crippen LogP contribution is 2.17. The Balaban J connectivity index is 1.23. The lowest BCUT2D eigenvalue weighted by atomic mass is 10.1. The van der Waals surface area contributed by atoms with Crippen molar-refractivity contribution in [2.45, 2.75) is 11.7 Å². The molecular weight excluding hydrogens is 450 g/mol. The molecule has 0 radical (unpaired) electrons. The normalized spacial score (nSPS) is 13.9. The van der Waals surface area contributed by atoms with Gasteiger partial charge in [0.1, 0.15) is 6.33 Å². The van der Waals surface area contributed by atoms with Crippen LogP contribution in [0.5, 0.6) is 0 Å². The fourth-order valence-electron chi connectivity index (χ4n) is 3.66. The van der Waals surface area contributed by atoms with Gasteiger partial charge in [-0.15, -0.1) is 10.2 Å². The molecule has 2 amide bonds. The number of amides is 2. The van der Waals surface area contributed by atoms with E-state index in [4.69, 9.17) is 5.26 Å². The number of hydrogen-bond donors (Lipinski definition) is 1. The summed E-state index contributed by atoms with van der Waals surface area (Å²) in [5.41, 5.74) is 3.07. The van der Waals surface area contributed by atoms with Crippen molar-refractivity contribution in [3.8, 4) is 6.07 Å². The Morgan fingerprint density at radius 3 is 2.38 bits per heavy atom. The number of nitrogens with zero attached hydrogens (tertiary/aromatic N) is 6. The zero-order chi connectivity index (χ0) is 23.9. The van der Waals surface area contributed by atoms with Gasteiger partial charge in [-0.25, -0.2) is 0 Å². The van der Waals surface area contributed by atoms with E-state index < -0.39 is 0 Å². The van der Waals surface area contributed by atoms with Crippen LogP contribution in [0.1, 0.15) is 21.5 Å². The number of nitriles is 1. The molecule has 1 N–H and O–H groups in total. The molecule has 3 aromatic rings. The van der Waals surface area contributed by atoms with Gasteiger partial charge >= 0.3 is 0 Å². The lowest BCUT2D eigenvalue weighted by Gasteiger charge is -2.34. The number of piperazine rings is 1. The van der Waals surface area contributed by atoms with Gasteiger partial charge in [-0.1, -0.05) is 23.9 Å². The second kappa shape index (κ2) is 11.0. The molecule has 174 valence electrons. The molecule has 2 aromatic carbocycles. The third-order valence-corrected chi connectivity index (χ3v) is 6.60. The average molecular weight is 476 g/mol. The second-order valence-electron chi connectivity index (χ2n) is 8.02. The minimum atomic E-state index is -0.148. The molecule has 0 bridgehead atoms. The number of rotatable bonds is 7. The number of hydrogen-bond acceptors (Lipinski definition) is 7. The maximum Gasteiger partial charge on any atom is 0.253 e.